The van der Waals surface area contributed by atoms with Gasteiger partial charge in [-0.15, -0.1) is 0 Å². The van der Waals surface area contributed by atoms with E-state index >= 15 is 0 Å². The van der Waals surface area contributed by atoms with E-state index in [0.717, 1.165) is 36.0 Å². The van der Waals surface area contributed by atoms with Gasteiger partial charge < -0.3 is 9.47 Å². The minimum absolute atomic E-state index is 0.289. The number of nitrogens with zero attached hydrogens (tertiary/aromatic N) is 2. The maximum atomic E-state index is 13.1. The minimum atomic E-state index is -0.553. The maximum Gasteiger partial charge on any atom is 0.418 e. The zero-order chi connectivity index (χ0) is 26.3. The van der Waals surface area contributed by atoms with Gasteiger partial charge in [-0.2, -0.15) is 0 Å². The quantitative estimate of drug-likeness (QED) is 0.348. The number of fused-ring (bicyclic) bond motifs is 1. The van der Waals surface area contributed by atoms with Crippen LogP contribution < -0.4 is 0 Å². The molecule has 2 heterocycles. The lowest BCUT2D eigenvalue weighted by molar-refractivity contribution is 0.0542. The standard InChI is InChI=1S/C31H38N2O4/c1-20-18-25(21-9-10-21)26(24-15-17-33(28(20)24)30(35)37-31(2,3)4)19-32-16-7-6-8-27(32)22-11-13-23(14-12-22)29(34)36-5/h11-15,17-18,21,27H,6-10,16,19H2,1-5H3/t27-/m0/s1. The number of aromatic nitrogens is 1. The molecule has 2 aromatic carbocycles. The number of esters is 1. The lowest BCUT2D eigenvalue weighted by Gasteiger charge is -2.37. The van der Waals surface area contributed by atoms with Gasteiger partial charge in [0.05, 0.1) is 18.2 Å². The zero-order valence-electron chi connectivity index (χ0n) is 22.7. The molecule has 5 rings (SSSR count). The summed E-state index contributed by atoms with van der Waals surface area (Å²) in [6, 6.07) is 12.6. The van der Waals surface area contributed by atoms with Crippen LogP contribution in [0.2, 0.25) is 0 Å². The van der Waals surface area contributed by atoms with Gasteiger partial charge in [0.1, 0.15) is 5.60 Å². The molecule has 1 aliphatic carbocycles. The Kier molecular flexibility index (Phi) is 6.88. The van der Waals surface area contributed by atoms with Crippen LogP contribution in [0.5, 0.6) is 0 Å². The van der Waals surface area contributed by atoms with Gasteiger partial charge >= 0.3 is 12.1 Å². The Balaban J connectivity index is 1.51. The SMILES string of the molecule is COC(=O)c1ccc([C@@H]2CCCCN2Cc2c(C3CC3)cc(C)c3c2ccn3C(=O)OC(C)(C)C)cc1. The summed E-state index contributed by atoms with van der Waals surface area (Å²) in [6.07, 6.45) is 7.43. The molecule has 2 aliphatic rings. The molecule has 196 valence electrons. The molecule has 1 saturated heterocycles. The fraction of sp³-hybridized carbons (Fsp3) is 0.484. The van der Waals surface area contributed by atoms with E-state index in [1.54, 1.807) is 4.57 Å². The number of piperidine rings is 1. The minimum Gasteiger partial charge on any atom is -0.465 e. The Morgan fingerprint density at radius 3 is 2.41 bits per heavy atom. The van der Waals surface area contributed by atoms with Gasteiger partial charge in [-0.25, -0.2) is 9.59 Å². The molecule has 0 amide bonds. The van der Waals surface area contributed by atoms with Crippen molar-refractivity contribution in [1.29, 1.82) is 0 Å². The predicted molar refractivity (Wildman–Crippen MR) is 145 cm³/mol. The van der Waals surface area contributed by atoms with Gasteiger partial charge in [-0.3, -0.25) is 9.47 Å². The average Bonchev–Trinajstić information content (AvgIpc) is 3.61. The number of aryl methyl sites for hydroxylation is 1. The predicted octanol–water partition coefficient (Wildman–Crippen LogP) is 7.12. The van der Waals surface area contributed by atoms with Crippen molar-refractivity contribution in [3.05, 3.63) is 70.4 Å². The van der Waals surface area contributed by atoms with Crippen LogP contribution in [0.1, 0.15) is 97.4 Å². The van der Waals surface area contributed by atoms with E-state index in [1.807, 2.05) is 39.1 Å². The average molecular weight is 503 g/mol. The summed E-state index contributed by atoms with van der Waals surface area (Å²) in [5, 5.41) is 1.15. The van der Waals surface area contributed by atoms with E-state index in [2.05, 4.69) is 36.1 Å². The van der Waals surface area contributed by atoms with Crippen molar-refractivity contribution in [2.45, 2.75) is 83.9 Å². The number of hydrogen-bond acceptors (Lipinski definition) is 5. The summed E-state index contributed by atoms with van der Waals surface area (Å²) in [7, 11) is 1.41. The summed E-state index contributed by atoms with van der Waals surface area (Å²) in [4.78, 5) is 27.6. The molecule has 2 fully saturated rings. The fourth-order valence-corrected chi connectivity index (χ4v) is 5.74. The third-order valence-corrected chi connectivity index (χ3v) is 7.60. The number of ether oxygens (including phenoxy) is 2. The van der Waals surface area contributed by atoms with Gasteiger partial charge in [0, 0.05) is 24.2 Å². The van der Waals surface area contributed by atoms with Crippen LogP contribution in [0.4, 0.5) is 4.79 Å². The highest BCUT2D eigenvalue weighted by molar-refractivity contribution is 5.94. The summed E-state index contributed by atoms with van der Waals surface area (Å²) in [5.74, 6) is 0.295. The van der Waals surface area contributed by atoms with E-state index in [1.165, 1.54) is 49.5 Å². The van der Waals surface area contributed by atoms with Gasteiger partial charge in [-0.05, 0) is 106 Å². The summed E-state index contributed by atoms with van der Waals surface area (Å²) in [6.45, 7) is 9.66. The van der Waals surface area contributed by atoms with Crippen molar-refractivity contribution in [2.24, 2.45) is 0 Å². The molecule has 1 aromatic heterocycles. The van der Waals surface area contributed by atoms with Crippen LogP contribution >= 0.6 is 0 Å². The Morgan fingerprint density at radius 2 is 1.76 bits per heavy atom. The van der Waals surface area contributed by atoms with E-state index in [-0.39, 0.29) is 18.1 Å². The molecule has 1 aliphatic heterocycles. The van der Waals surface area contributed by atoms with Crippen LogP contribution in [0, 0.1) is 6.92 Å². The van der Waals surface area contributed by atoms with Gasteiger partial charge in [0.25, 0.3) is 0 Å². The summed E-state index contributed by atoms with van der Waals surface area (Å²) >= 11 is 0. The van der Waals surface area contributed by atoms with Gasteiger partial charge in [0.15, 0.2) is 0 Å². The van der Waals surface area contributed by atoms with Crippen molar-refractivity contribution in [2.75, 3.05) is 13.7 Å². The Labute approximate surface area is 219 Å². The number of carbonyl (C=O) groups excluding carboxylic acids is 2. The second kappa shape index (κ2) is 9.97. The lowest BCUT2D eigenvalue weighted by atomic mass is 9.91. The molecule has 0 unspecified atom stereocenters. The molecule has 1 atom stereocenters. The summed E-state index contributed by atoms with van der Waals surface area (Å²) in [5.41, 5.74) is 6.09. The Bertz CT molecular complexity index is 1310. The molecule has 1 saturated carbocycles. The first kappa shape index (κ1) is 25.5. The van der Waals surface area contributed by atoms with Crippen LogP contribution in [0.25, 0.3) is 10.9 Å². The van der Waals surface area contributed by atoms with Gasteiger partial charge in [0.2, 0.25) is 0 Å². The van der Waals surface area contributed by atoms with Crippen molar-refractivity contribution in [1.82, 2.24) is 9.47 Å². The first-order chi connectivity index (χ1) is 17.7. The number of methoxy groups -OCH3 is 1. The zero-order valence-corrected chi connectivity index (χ0v) is 22.7. The second-order valence-electron chi connectivity index (χ2n) is 11.6. The topological polar surface area (TPSA) is 60.8 Å². The van der Waals surface area contributed by atoms with E-state index in [0.29, 0.717) is 11.5 Å². The number of benzene rings is 2. The molecular formula is C31H38N2O4. The normalized spacial score (nSPS) is 18.7. The second-order valence-corrected chi connectivity index (χ2v) is 11.6. The third kappa shape index (κ3) is 5.30. The van der Waals surface area contributed by atoms with Crippen molar-refractivity contribution < 1.29 is 19.1 Å². The van der Waals surface area contributed by atoms with Crippen LogP contribution in [-0.4, -0.2) is 40.8 Å². The molecule has 6 nitrogen and oxygen atoms in total. The smallest absolute Gasteiger partial charge is 0.418 e. The lowest BCUT2D eigenvalue weighted by Crippen LogP contribution is -2.33. The first-order valence-corrected chi connectivity index (χ1v) is 13.5. The molecule has 0 bridgehead atoms. The molecule has 0 spiro atoms. The molecule has 37 heavy (non-hydrogen) atoms. The molecule has 0 radical (unpaired) electrons. The molecular weight excluding hydrogens is 464 g/mol. The highest BCUT2D eigenvalue weighted by Crippen LogP contribution is 2.45. The Hall–Kier alpha value is -3.12. The molecule has 3 aromatic rings. The van der Waals surface area contributed by atoms with Crippen molar-refractivity contribution >= 4 is 23.0 Å². The van der Waals surface area contributed by atoms with Crippen molar-refractivity contribution in [3.63, 3.8) is 0 Å². The monoisotopic (exact) mass is 502 g/mol. The van der Waals surface area contributed by atoms with Crippen LogP contribution in [0.3, 0.4) is 0 Å². The fourth-order valence-electron chi connectivity index (χ4n) is 5.74. The third-order valence-electron chi connectivity index (χ3n) is 7.60. The van der Waals surface area contributed by atoms with E-state index in [4.69, 9.17) is 9.47 Å². The largest absolute Gasteiger partial charge is 0.465 e. The van der Waals surface area contributed by atoms with Crippen LogP contribution in [0.15, 0.2) is 42.6 Å². The first-order valence-electron chi connectivity index (χ1n) is 13.5. The molecule has 6 heteroatoms. The van der Waals surface area contributed by atoms with Gasteiger partial charge in [-0.1, -0.05) is 24.6 Å². The number of carbonyl (C=O) groups is 2. The van der Waals surface area contributed by atoms with Crippen LogP contribution in [-0.2, 0) is 16.0 Å². The number of rotatable bonds is 5. The number of hydrogen-bond donors (Lipinski definition) is 0. The highest BCUT2D eigenvalue weighted by atomic mass is 16.6. The molecule has 0 N–H and O–H groups in total. The maximum absolute atomic E-state index is 13.1. The summed E-state index contributed by atoms with van der Waals surface area (Å²) < 4.78 is 12.3. The van der Waals surface area contributed by atoms with E-state index in [9.17, 15) is 9.59 Å². The highest BCUT2D eigenvalue weighted by Gasteiger charge is 2.32. The van der Waals surface area contributed by atoms with E-state index < -0.39 is 5.60 Å². The van der Waals surface area contributed by atoms with Crippen molar-refractivity contribution in [3.8, 4) is 0 Å². The Morgan fingerprint density at radius 1 is 1.03 bits per heavy atom. The number of likely N-dealkylation sites (tertiary alicyclic amines) is 1.